The summed E-state index contributed by atoms with van der Waals surface area (Å²) in [5, 5.41) is 8.91. The van der Waals surface area contributed by atoms with Crippen LogP contribution >= 0.6 is 0 Å². The summed E-state index contributed by atoms with van der Waals surface area (Å²) in [6, 6.07) is 6.49. The number of rotatable bonds is 3. The van der Waals surface area contributed by atoms with E-state index in [1.54, 1.807) is 25.1 Å². The molecule has 13 heavy (non-hydrogen) atoms. The molecule has 1 aromatic carbocycles. The molecule has 0 aromatic heterocycles. The largest absolute Gasteiger partial charge is 0.392 e. The summed E-state index contributed by atoms with van der Waals surface area (Å²) in [5.74, 6) is 0.0595. The average molecular weight is 200 g/mol. The third kappa shape index (κ3) is 2.08. The Bertz CT molecular complexity index is 382. The third-order valence-electron chi connectivity index (χ3n) is 1.86. The molecule has 0 radical (unpaired) electrons. The van der Waals surface area contributed by atoms with Crippen molar-refractivity contribution in [2.45, 2.75) is 18.4 Å². The van der Waals surface area contributed by atoms with Crippen LogP contribution in [0.1, 0.15) is 12.5 Å². The molecule has 72 valence electrons. The van der Waals surface area contributed by atoms with Crippen molar-refractivity contribution in [3.8, 4) is 0 Å². The second-order valence-corrected chi connectivity index (χ2v) is 4.92. The van der Waals surface area contributed by atoms with E-state index in [4.69, 9.17) is 5.11 Å². The number of aliphatic hydroxyl groups excluding tert-OH is 1. The Hall–Kier alpha value is -0.870. The second kappa shape index (κ2) is 3.89. The fraction of sp³-hybridized carbons (Fsp3) is 0.333. The fourth-order valence-electron chi connectivity index (χ4n) is 1.09. The predicted octanol–water partition coefficient (Wildman–Crippen LogP) is 0.972. The molecular weight excluding hydrogens is 188 g/mol. The highest BCUT2D eigenvalue weighted by Gasteiger charge is 2.14. The van der Waals surface area contributed by atoms with Gasteiger partial charge in [-0.1, -0.05) is 25.1 Å². The van der Waals surface area contributed by atoms with E-state index in [9.17, 15) is 8.42 Å². The second-order valence-electron chi connectivity index (χ2n) is 2.67. The summed E-state index contributed by atoms with van der Waals surface area (Å²) >= 11 is 0. The number of hydrogen-bond donors (Lipinski definition) is 1. The molecule has 0 bridgehead atoms. The Balaban J connectivity index is 3.29. The number of aliphatic hydroxyl groups is 1. The zero-order chi connectivity index (χ0) is 9.90. The molecule has 0 saturated carbocycles. The van der Waals surface area contributed by atoms with Crippen LogP contribution in [0.25, 0.3) is 0 Å². The van der Waals surface area contributed by atoms with Crippen molar-refractivity contribution in [2.75, 3.05) is 5.75 Å². The maximum Gasteiger partial charge on any atom is 0.178 e. The minimum atomic E-state index is -3.20. The predicted molar refractivity (Wildman–Crippen MR) is 50.1 cm³/mol. The molecule has 0 amide bonds. The van der Waals surface area contributed by atoms with E-state index in [1.165, 1.54) is 6.07 Å². The van der Waals surface area contributed by atoms with E-state index in [2.05, 4.69) is 0 Å². The van der Waals surface area contributed by atoms with Gasteiger partial charge in [-0.05, 0) is 11.6 Å². The molecule has 3 nitrogen and oxygen atoms in total. The van der Waals surface area contributed by atoms with E-state index in [0.29, 0.717) is 5.56 Å². The van der Waals surface area contributed by atoms with Crippen LogP contribution in [0, 0.1) is 0 Å². The van der Waals surface area contributed by atoms with E-state index in [1.807, 2.05) is 0 Å². The van der Waals surface area contributed by atoms with Gasteiger partial charge in [-0.25, -0.2) is 8.42 Å². The normalized spacial score (nSPS) is 11.5. The summed E-state index contributed by atoms with van der Waals surface area (Å²) in [6.07, 6.45) is 0. The highest BCUT2D eigenvalue weighted by atomic mass is 32.2. The molecule has 1 rings (SSSR count). The Morgan fingerprint density at radius 2 is 1.92 bits per heavy atom. The molecule has 0 unspecified atom stereocenters. The summed E-state index contributed by atoms with van der Waals surface area (Å²) in [7, 11) is -3.20. The van der Waals surface area contributed by atoms with Gasteiger partial charge in [-0.15, -0.1) is 0 Å². The monoisotopic (exact) mass is 200 g/mol. The highest BCUT2D eigenvalue weighted by Crippen LogP contribution is 2.16. The third-order valence-corrected chi connectivity index (χ3v) is 3.69. The maximum absolute atomic E-state index is 11.5. The Morgan fingerprint density at radius 3 is 2.46 bits per heavy atom. The van der Waals surface area contributed by atoms with Crippen LogP contribution < -0.4 is 0 Å². The molecule has 0 aliphatic rings. The average Bonchev–Trinajstić information content (AvgIpc) is 2.18. The van der Waals surface area contributed by atoms with Crippen molar-refractivity contribution in [3.63, 3.8) is 0 Å². The van der Waals surface area contributed by atoms with Gasteiger partial charge in [-0.3, -0.25) is 0 Å². The first-order valence-electron chi connectivity index (χ1n) is 4.03. The van der Waals surface area contributed by atoms with Crippen LogP contribution in [0.15, 0.2) is 29.2 Å². The minimum Gasteiger partial charge on any atom is -0.392 e. The van der Waals surface area contributed by atoms with Crippen molar-refractivity contribution in [1.82, 2.24) is 0 Å². The van der Waals surface area contributed by atoms with E-state index in [-0.39, 0.29) is 17.3 Å². The van der Waals surface area contributed by atoms with Crippen LogP contribution in [0.5, 0.6) is 0 Å². The lowest BCUT2D eigenvalue weighted by atomic mass is 10.2. The topological polar surface area (TPSA) is 54.4 Å². The lowest BCUT2D eigenvalue weighted by molar-refractivity contribution is 0.278. The SMILES string of the molecule is CCS(=O)(=O)c1ccccc1CO. The van der Waals surface area contributed by atoms with Gasteiger partial charge >= 0.3 is 0 Å². The van der Waals surface area contributed by atoms with Crippen molar-refractivity contribution < 1.29 is 13.5 Å². The molecule has 0 heterocycles. The van der Waals surface area contributed by atoms with E-state index in [0.717, 1.165) is 0 Å². The number of hydrogen-bond acceptors (Lipinski definition) is 3. The van der Waals surface area contributed by atoms with Gasteiger partial charge in [0.25, 0.3) is 0 Å². The first-order chi connectivity index (χ1) is 6.11. The molecular formula is C9H12O3S. The zero-order valence-electron chi connectivity index (χ0n) is 7.40. The molecule has 1 aromatic rings. The zero-order valence-corrected chi connectivity index (χ0v) is 8.21. The molecule has 0 aliphatic carbocycles. The standard InChI is InChI=1S/C9H12O3S/c1-2-13(11,12)9-6-4-3-5-8(9)7-10/h3-6,10H,2,7H2,1H3. The smallest absolute Gasteiger partial charge is 0.178 e. The van der Waals surface area contributed by atoms with Crippen molar-refractivity contribution in [3.05, 3.63) is 29.8 Å². The van der Waals surface area contributed by atoms with Gasteiger partial charge in [-0.2, -0.15) is 0 Å². The lowest BCUT2D eigenvalue weighted by Gasteiger charge is -2.05. The number of sulfone groups is 1. The van der Waals surface area contributed by atoms with Crippen molar-refractivity contribution in [2.24, 2.45) is 0 Å². The molecule has 0 spiro atoms. The number of benzene rings is 1. The first-order valence-corrected chi connectivity index (χ1v) is 5.68. The molecule has 0 saturated heterocycles. The van der Waals surface area contributed by atoms with Crippen LogP contribution in [0.2, 0.25) is 0 Å². The van der Waals surface area contributed by atoms with Gasteiger partial charge in [0.15, 0.2) is 9.84 Å². The molecule has 1 N–H and O–H groups in total. The first kappa shape index (κ1) is 10.2. The van der Waals surface area contributed by atoms with E-state index < -0.39 is 9.84 Å². The van der Waals surface area contributed by atoms with Crippen molar-refractivity contribution >= 4 is 9.84 Å². The van der Waals surface area contributed by atoms with Gasteiger partial charge in [0, 0.05) is 0 Å². The van der Waals surface area contributed by atoms with Crippen LogP contribution in [-0.4, -0.2) is 19.3 Å². The molecule has 0 aliphatic heterocycles. The molecule has 4 heteroatoms. The maximum atomic E-state index is 11.5. The summed E-state index contributed by atoms with van der Waals surface area (Å²) in [5.41, 5.74) is 0.462. The van der Waals surface area contributed by atoms with Gasteiger partial charge in [0.2, 0.25) is 0 Å². The summed E-state index contributed by atoms with van der Waals surface area (Å²) in [6.45, 7) is 1.35. The quantitative estimate of drug-likeness (QED) is 0.791. The van der Waals surface area contributed by atoms with Gasteiger partial charge < -0.3 is 5.11 Å². The van der Waals surface area contributed by atoms with Crippen LogP contribution in [0.3, 0.4) is 0 Å². The Labute approximate surface area is 77.9 Å². The van der Waals surface area contributed by atoms with Crippen LogP contribution in [0.4, 0.5) is 0 Å². The van der Waals surface area contributed by atoms with Gasteiger partial charge in [0.1, 0.15) is 0 Å². The Kier molecular flexibility index (Phi) is 3.06. The summed E-state index contributed by atoms with van der Waals surface area (Å²) < 4.78 is 22.9. The lowest BCUT2D eigenvalue weighted by Crippen LogP contribution is -2.06. The minimum absolute atomic E-state index is 0.0595. The molecule has 0 atom stereocenters. The molecule has 0 fully saturated rings. The summed E-state index contributed by atoms with van der Waals surface area (Å²) in [4.78, 5) is 0.236. The van der Waals surface area contributed by atoms with Crippen molar-refractivity contribution in [1.29, 1.82) is 0 Å². The fourth-order valence-corrected chi connectivity index (χ4v) is 2.22. The van der Waals surface area contributed by atoms with Gasteiger partial charge in [0.05, 0.1) is 17.3 Å². The highest BCUT2D eigenvalue weighted by molar-refractivity contribution is 7.91. The van der Waals surface area contributed by atoms with Crippen LogP contribution in [-0.2, 0) is 16.4 Å². The Morgan fingerprint density at radius 1 is 1.31 bits per heavy atom. The van der Waals surface area contributed by atoms with E-state index >= 15 is 0 Å².